The smallest absolute Gasteiger partial charge is 0.249 e. The lowest BCUT2D eigenvalue weighted by molar-refractivity contribution is -0.137. The van der Waals surface area contributed by atoms with Gasteiger partial charge in [0.15, 0.2) is 0 Å². The normalized spacial score (nSPS) is 18.9. The van der Waals surface area contributed by atoms with Crippen molar-refractivity contribution < 1.29 is 14.4 Å². The van der Waals surface area contributed by atoms with Gasteiger partial charge in [0, 0.05) is 24.7 Å². The van der Waals surface area contributed by atoms with Gasteiger partial charge in [0.2, 0.25) is 17.7 Å². The summed E-state index contributed by atoms with van der Waals surface area (Å²) in [4.78, 5) is 34.6. The average molecular weight is 278 g/mol. The molecule has 1 fully saturated rings. The number of hydrogen-bond acceptors (Lipinski definition) is 4. The van der Waals surface area contributed by atoms with E-state index in [1.807, 2.05) is 20.9 Å². The van der Waals surface area contributed by atoms with Crippen LogP contribution in [-0.4, -0.2) is 33.5 Å². The first-order valence-electron chi connectivity index (χ1n) is 6.50. The molecule has 2 N–H and O–H groups in total. The van der Waals surface area contributed by atoms with Crippen LogP contribution >= 0.6 is 0 Å². The van der Waals surface area contributed by atoms with Crippen LogP contribution in [0.1, 0.15) is 29.8 Å². The predicted molar refractivity (Wildman–Crippen MR) is 70.7 cm³/mol. The third-order valence-electron chi connectivity index (χ3n) is 3.57. The Morgan fingerprint density at radius 3 is 2.70 bits per heavy atom. The number of piperidine rings is 1. The molecule has 108 valence electrons. The SMILES string of the molecule is Cc1nn(C)c(C)c1CC(=O)NC1CCC(=O)NC1=O. The van der Waals surface area contributed by atoms with Crippen LogP contribution in [0, 0.1) is 13.8 Å². The van der Waals surface area contributed by atoms with E-state index < -0.39 is 11.9 Å². The molecule has 0 aromatic carbocycles. The van der Waals surface area contributed by atoms with Crippen LogP contribution in [0.4, 0.5) is 0 Å². The fourth-order valence-corrected chi connectivity index (χ4v) is 2.31. The minimum absolute atomic E-state index is 0.184. The van der Waals surface area contributed by atoms with E-state index in [9.17, 15) is 14.4 Å². The molecule has 2 heterocycles. The molecular weight excluding hydrogens is 260 g/mol. The van der Waals surface area contributed by atoms with Crippen molar-refractivity contribution in [3.63, 3.8) is 0 Å². The van der Waals surface area contributed by atoms with Crippen LogP contribution in [0.15, 0.2) is 0 Å². The number of carbonyl (C=O) groups excluding carboxylic acids is 3. The summed E-state index contributed by atoms with van der Waals surface area (Å²) in [6.07, 6.45) is 0.784. The van der Waals surface area contributed by atoms with E-state index in [1.54, 1.807) is 4.68 Å². The zero-order chi connectivity index (χ0) is 14.9. The number of hydrogen-bond donors (Lipinski definition) is 2. The predicted octanol–water partition coefficient (Wildman–Crippen LogP) is -0.499. The van der Waals surface area contributed by atoms with E-state index in [0.717, 1.165) is 17.0 Å². The summed E-state index contributed by atoms with van der Waals surface area (Å²) in [5.74, 6) is -0.965. The fourth-order valence-electron chi connectivity index (χ4n) is 2.31. The van der Waals surface area contributed by atoms with Crippen molar-refractivity contribution >= 4 is 17.7 Å². The van der Waals surface area contributed by atoms with Crippen molar-refractivity contribution in [2.24, 2.45) is 7.05 Å². The molecule has 1 unspecified atom stereocenters. The minimum Gasteiger partial charge on any atom is -0.344 e. The quantitative estimate of drug-likeness (QED) is 0.729. The van der Waals surface area contributed by atoms with Crippen molar-refractivity contribution in [1.82, 2.24) is 20.4 Å². The second-order valence-electron chi connectivity index (χ2n) is 5.02. The monoisotopic (exact) mass is 278 g/mol. The number of nitrogens with zero attached hydrogens (tertiary/aromatic N) is 2. The van der Waals surface area contributed by atoms with Gasteiger partial charge in [-0.05, 0) is 20.3 Å². The summed E-state index contributed by atoms with van der Waals surface area (Å²) in [6.45, 7) is 3.75. The number of aryl methyl sites for hydroxylation is 2. The third kappa shape index (κ3) is 2.87. The van der Waals surface area contributed by atoms with Crippen molar-refractivity contribution in [1.29, 1.82) is 0 Å². The van der Waals surface area contributed by atoms with Crippen LogP contribution in [0.2, 0.25) is 0 Å². The number of rotatable bonds is 3. The largest absolute Gasteiger partial charge is 0.344 e. The molecule has 1 aliphatic heterocycles. The number of aromatic nitrogens is 2. The fraction of sp³-hybridized carbons (Fsp3) is 0.538. The van der Waals surface area contributed by atoms with Gasteiger partial charge in [-0.3, -0.25) is 24.4 Å². The molecular formula is C13H18N4O3. The number of nitrogens with one attached hydrogen (secondary N) is 2. The maximum Gasteiger partial charge on any atom is 0.249 e. The molecule has 0 aliphatic carbocycles. The van der Waals surface area contributed by atoms with Crippen molar-refractivity contribution in [3.8, 4) is 0 Å². The first kappa shape index (κ1) is 14.2. The lowest BCUT2D eigenvalue weighted by Crippen LogP contribution is -2.52. The van der Waals surface area contributed by atoms with Gasteiger partial charge >= 0.3 is 0 Å². The molecule has 1 aromatic rings. The summed E-state index contributed by atoms with van der Waals surface area (Å²) < 4.78 is 1.73. The average Bonchev–Trinajstić information content (AvgIpc) is 2.60. The Morgan fingerprint density at radius 2 is 2.15 bits per heavy atom. The van der Waals surface area contributed by atoms with E-state index in [1.165, 1.54) is 0 Å². The summed E-state index contributed by atoms with van der Waals surface area (Å²) in [5, 5.41) is 9.13. The molecule has 1 aromatic heterocycles. The highest BCUT2D eigenvalue weighted by molar-refractivity contribution is 6.01. The second-order valence-corrected chi connectivity index (χ2v) is 5.02. The van der Waals surface area contributed by atoms with E-state index in [0.29, 0.717) is 6.42 Å². The number of imide groups is 1. The molecule has 0 saturated carbocycles. The van der Waals surface area contributed by atoms with Crippen LogP contribution in [0.5, 0.6) is 0 Å². The number of amides is 3. The maximum absolute atomic E-state index is 12.0. The molecule has 7 heteroatoms. The Morgan fingerprint density at radius 1 is 1.45 bits per heavy atom. The van der Waals surface area contributed by atoms with Gasteiger partial charge in [0.1, 0.15) is 6.04 Å². The summed E-state index contributed by atoms with van der Waals surface area (Å²) in [6, 6.07) is -0.627. The first-order valence-corrected chi connectivity index (χ1v) is 6.50. The van der Waals surface area contributed by atoms with Gasteiger partial charge in [-0.25, -0.2) is 0 Å². The molecule has 7 nitrogen and oxygen atoms in total. The highest BCUT2D eigenvalue weighted by Gasteiger charge is 2.28. The Balaban J connectivity index is 1.99. The Labute approximate surface area is 116 Å². The molecule has 20 heavy (non-hydrogen) atoms. The molecule has 1 saturated heterocycles. The zero-order valence-corrected chi connectivity index (χ0v) is 11.8. The third-order valence-corrected chi connectivity index (χ3v) is 3.57. The van der Waals surface area contributed by atoms with Crippen LogP contribution in [0.3, 0.4) is 0 Å². The van der Waals surface area contributed by atoms with Crippen molar-refractivity contribution in [2.45, 2.75) is 39.2 Å². The van der Waals surface area contributed by atoms with E-state index >= 15 is 0 Å². The molecule has 2 rings (SSSR count). The molecule has 0 spiro atoms. The summed E-state index contributed by atoms with van der Waals surface area (Å²) >= 11 is 0. The highest BCUT2D eigenvalue weighted by atomic mass is 16.2. The Kier molecular flexibility index (Phi) is 3.87. The topological polar surface area (TPSA) is 93.1 Å². The second kappa shape index (κ2) is 5.44. The van der Waals surface area contributed by atoms with E-state index in [-0.39, 0.29) is 24.7 Å². The van der Waals surface area contributed by atoms with Crippen LogP contribution in [0.25, 0.3) is 0 Å². The van der Waals surface area contributed by atoms with Gasteiger partial charge in [-0.1, -0.05) is 0 Å². The molecule has 3 amide bonds. The van der Waals surface area contributed by atoms with Gasteiger partial charge < -0.3 is 5.32 Å². The van der Waals surface area contributed by atoms with Gasteiger partial charge in [-0.15, -0.1) is 0 Å². The molecule has 1 atom stereocenters. The maximum atomic E-state index is 12.0. The molecule has 0 bridgehead atoms. The van der Waals surface area contributed by atoms with Crippen molar-refractivity contribution in [2.75, 3.05) is 0 Å². The lowest BCUT2D eigenvalue weighted by Gasteiger charge is -2.21. The minimum atomic E-state index is -0.627. The summed E-state index contributed by atoms with van der Waals surface area (Å²) in [7, 11) is 1.82. The highest BCUT2D eigenvalue weighted by Crippen LogP contribution is 2.13. The Hall–Kier alpha value is -2.18. The first-order chi connectivity index (χ1) is 9.38. The molecule has 1 aliphatic rings. The lowest BCUT2D eigenvalue weighted by atomic mass is 10.0. The van der Waals surface area contributed by atoms with E-state index in [4.69, 9.17) is 0 Å². The van der Waals surface area contributed by atoms with E-state index in [2.05, 4.69) is 15.7 Å². The Bertz CT molecular complexity index is 576. The standard InChI is InChI=1S/C13H18N4O3/c1-7-9(8(2)17(3)16-7)6-12(19)14-10-4-5-11(18)15-13(10)20/h10H,4-6H2,1-3H3,(H,14,19)(H,15,18,20). The van der Waals surface area contributed by atoms with Crippen LogP contribution < -0.4 is 10.6 Å². The number of carbonyl (C=O) groups is 3. The zero-order valence-electron chi connectivity index (χ0n) is 11.8. The van der Waals surface area contributed by atoms with Gasteiger partial charge in [-0.2, -0.15) is 5.10 Å². The summed E-state index contributed by atoms with van der Waals surface area (Å²) in [5.41, 5.74) is 2.61. The van der Waals surface area contributed by atoms with Crippen LogP contribution in [-0.2, 0) is 27.9 Å². The molecule has 0 radical (unpaired) electrons. The van der Waals surface area contributed by atoms with Crippen molar-refractivity contribution in [3.05, 3.63) is 17.0 Å². The van der Waals surface area contributed by atoms with Gasteiger partial charge in [0.05, 0.1) is 12.1 Å². The van der Waals surface area contributed by atoms with Gasteiger partial charge in [0.25, 0.3) is 0 Å².